The Hall–Kier alpha value is -2.40. The number of rotatable bonds is 8. The van der Waals surface area contributed by atoms with Crippen molar-refractivity contribution >= 4 is 11.5 Å². The fourth-order valence-corrected chi connectivity index (χ4v) is 2.35. The number of nitrogens with two attached hydrogens (primary N) is 1. The molecular weight excluding hydrogens is 290 g/mol. The summed E-state index contributed by atoms with van der Waals surface area (Å²) in [6.07, 6.45) is 4.19. The van der Waals surface area contributed by atoms with Crippen molar-refractivity contribution in [3.63, 3.8) is 0 Å². The van der Waals surface area contributed by atoms with E-state index in [9.17, 15) is 4.79 Å². The van der Waals surface area contributed by atoms with E-state index in [1.54, 1.807) is 30.6 Å². The molecule has 1 aromatic heterocycles. The summed E-state index contributed by atoms with van der Waals surface area (Å²) in [6, 6.07) is 8.81. The molecule has 1 heterocycles. The molecule has 0 aliphatic rings. The standard InChI is InChI=1S/C18H23N3O2/c1-3-16(21-12-13-7-9-20-10-8-13)18(22)14-5-6-17(23-4-2)15(19)11-14/h5-11,16,21H,3-4,12,19H2,1-2H3. The Morgan fingerprint density at radius 3 is 2.61 bits per heavy atom. The highest BCUT2D eigenvalue weighted by Crippen LogP contribution is 2.23. The van der Waals surface area contributed by atoms with Gasteiger partial charge in [0.25, 0.3) is 0 Å². The topological polar surface area (TPSA) is 77.2 Å². The number of nitrogen functional groups attached to an aromatic ring is 1. The van der Waals surface area contributed by atoms with Crippen LogP contribution in [0, 0.1) is 0 Å². The number of Topliss-reactive ketones (excluding diaryl/α,β-unsaturated/α-hetero) is 1. The number of benzene rings is 1. The second-order valence-electron chi connectivity index (χ2n) is 5.25. The minimum Gasteiger partial charge on any atom is -0.492 e. The number of hydrogen-bond acceptors (Lipinski definition) is 5. The van der Waals surface area contributed by atoms with E-state index in [1.165, 1.54) is 0 Å². The number of ketones is 1. The maximum Gasteiger partial charge on any atom is 0.179 e. The van der Waals surface area contributed by atoms with Gasteiger partial charge in [-0.1, -0.05) is 6.92 Å². The van der Waals surface area contributed by atoms with E-state index in [0.717, 1.165) is 5.56 Å². The van der Waals surface area contributed by atoms with E-state index in [4.69, 9.17) is 10.5 Å². The van der Waals surface area contributed by atoms with Crippen LogP contribution >= 0.6 is 0 Å². The summed E-state index contributed by atoms with van der Waals surface area (Å²) in [4.78, 5) is 16.6. The maximum absolute atomic E-state index is 12.6. The zero-order valence-electron chi connectivity index (χ0n) is 13.6. The van der Waals surface area contributed by atoms with Crippen molar-refractivity contribution in [1.82, 2.24) is 10.3 Å². The van der Waals surface area contributed by atoms with Crippen LogP contribution in [0.4, 0.5) is 5.69 Å². The van der Waals surface area contributed by atoms with Crippen LogP contribution in [0.25, 0.3) is 0 Å². The molecule has 2 rings (SSSR count). The molecule has 5 nitrogen and oxygen atoms in total. The molecule has 3 N–H and O–H groups in total. The highest BCUT2D eigenvalue weighted by Gasteiger charge is 2.18. The predicted molar refractivity (Wildman–Crippen MR) is 91.5 cm³/mol. The SMILES string of the molecule is CCOc1ccc(C(=O)C(CC)NCc2ccncc2)cc1N. The largest absolute Gasteiger partial charge is 0.492 e. The van der Waals surface area contributed by atoms with Crippen LogP contribution in [0.2, 0.25) is 0 Å². The first-order valence-corrected chi connectivity index (χ1v) is 7.84. The van der Waals surface area contributed by atoms with Gasteiger partial charge in [-0.15, -0.1) is 0 Å². The van der Waals surface area contributed by atoms with Gasteiger partial charge in [-0.2, -0.15) is 0 Å². The molecule has 122 valence electrons. The summed E-state index contributed by atoms with van der Waals surface area (Å²) in [5.41, 5.74) is 8.13. The minimum atomic E-state index is -0.250. The number of carbonyl (C=O) groups excluding carboxylic acids is 1. The minimum absolute atomic E-state index is 0.0382. The van der Waals surface area contributed by atoms with E-state index < -0.39 is 0 Å². The van der Waals surface area contributed by atoms with Crippen LogP contribution in [0.1, 0.15) is 36.2 Å². The third-order valence-electron chi connectivity index (χ3n) is 3.62. The number of pyridine rings is 1. The normalized spacial score (nSPS) is 11.9. The monoisotopic (exact) mass is 313 g/mol. The fraction of sp³-hybridized carbons (Fsp3) is 0.333. The van der Waals surface area contributed by atoms with Gasteiger partial charge in [0, 0.05) is 24.5 Å². The van der Waals surface area contributed by atoms with Crippen molar-refractivity contribution in [2.75, 3.05) is 12.3 Å². The van der Waals surface area contributed by atoms with E-state index in [0.29, 0.717) is 36.6 Å². The van der Waals surface area contributed by atoms with E-state index in [-0.39, 0.29) is 11.8 Å². The summed E-state index contributed by atoms with van der Waals surface area (Å²) < 4.78 is 5.41. The van der Waals surface area contributed by atoms with E-state index >= 15 is 0 Å². The van der Waals surface area contributed by atoms with Gasteiger partial charge in [0.05, 0.1) is 18.3 Å². The summed E-state index contributed by atoms with van der Waals surface area (Å²) in [5, 5.41) is 3.29. The summed E-state index contributed by atoms with van der Waals surface area (Å²) in [5.74, 6) is 0.651. The molecule has 0 radical (unpaired) electrons. The van der Waals surface area contributed by atoms with Crippen molar-refractivity contribution in [3.8, 4) is 5.75 Å². The lowest BCUT2D eigenvalue weighted by Crippen LogP contribution is -2.35. The molecule has 0 saturated heterocycles. The van der Waals surface area contributed by atoms with Crippen molar-refractivity contribution in [2.45, 2.75) is 32.9 Å². The van der Waals surface area contributed by atoms with Gasteiger partial charge in [-0.05, 0) is 49.2 Å². The van der Waals surface area contributed by atoms with Crippen LogP contribution in [-0.4, -0.2) is 23.4 Å². The molecule has 0 aliphatic carbocycles. The van der Waals surface area contributed by atoms with Gasteiger partial charge in [0.15, 0.2) is 5.78 Å². The third kappa shape index (κ3) is 4.53. The van der Waals surface area contributed by atoms with Crippen molar-refractivity contribution in [1.29, 1.82) is 0 Å². The van der Waals surface area contributed by atoms with Gasteiger partial charge in [0.1, 0.15) is 5.75 Å². The average Bonchev–Trinajstić information content (AvgIpc) is 2.58. The van der Waals surface area contributed by atoms with Gasteiger partial charge < -0.3 is 15.8 Å². The first kappa shape index (κ1) is 17.0. The lowest BCUT2D eigenvalue weighted by atomic mass is 10.0. The Bertz CT molecular complexity index is 644. The molecule has 1 aromatic carbocycles. The smallest absolute Gasteiger partial charge is 0.179 e. The molecule has 1 unspecified atom stereocenters. The van der Waals surface area contributed by atoms with E-state index in [1.807, 2.05) is 26.0 Å². The quantitative estimate of drug-likeness (QED) is 0.579. The Balaban J connectivity index is 2.05. The molecule has 1 atom stereocenters. The Kier molecular flexibility index (Phi) is 6.11. The molecule has 0 amide bonds. The Morgan fingerprint density at radius 1 is 1.26 bits per heavy atom. The molecule has 0 fully saturated rings. The van der Waals surface area contributed by atoms with Gasteiger partial charge in [-0.25, -0.2) is 0 Å². The van der Waals surface area contributed by atoms with E-state index in [2.05, 4.69) is 10.3 Å². The first-order chi connectivity index (χ1) is 11.2. The number of anilines is 1. The average molecular weight is 313 g/mol. The molecular formula is C18H23N3O2. The zero-order chi connectivity index (χ0) is 16.7. The lowest BCUT2D eigenvalue weighted by molar-refractivity contribution is 0.0939. The number of aromatic nitrogens is 1. The Labute approximate surface area is 136 Å². The molecule has 2 aromatic rings. The lowest BCUT2D eigenvalue weighted by Gasteiger charge is -2.17. The van der Waals surface area contributed by atoms with Crippen LogP contribution in [-0.2, 0) is 6.54 Å². The van der Waals surface area contributed by atoms with Crippen LogP contribution in [0.3, 0.4) is 0 Å². The van der Waals surface area contributed by atoms with Crippen LogP contribution in [0.5, 0.6) is 5.75 Å². The van der Waals surface area contributed by atoms with Crippen molar-refractivity contribution in [2.24, 2.45) is 0 Å². The number of carbonyl (C=O) groups is 1. The van der Waals surface area contributed by atoms with Crippen LogP contribution in [0.15, 0.2) is 42.7 Å². The predicted octanol–water partition coefficient (Wildman–Crippen LogP) is 2.81. The molecule has 0 saturated carbocycles. The summed E-state index contributed by atoms with van der Waals surface area (Å²) in [6.45, 7) is 5.05. The number of ether oxygens (including phenoxy) is 1. The summed E-state index contributed by atoms with van der Waals surface area (Å²) >= 11 is 0. The van der Waals surface area contributed by atoms with Gasteiger partial charge in [0.2, 0.25) is 0 Å². The highest BCUT2D eigenvalue weighted by molar-refractivity contribution is 6.01. The fourth-order valence-electron chi connectivity index (χ4n) is 2.35. The maximum atomic E-state index is 12.6. The highest BCUT2D eigenvalue weighted by atomic mass is 16.5. The number of hydrogen-bond donors (Lipinski definition) is 2. The molecule has 23 heavy (non-hydrogen) atoms. The third-order valence-corrected chi connectivity index (χ3v) is 3.62. The molecule has 0 aliphatic heterocycles. The van der Waals surface area contributed by atoms with Crippen molar-refractivity contribution < 1.29 is 9.53 Å². The Morgan fingerprint density at radius 2 is 2.00 bits per heavy atom. The zero-order valence-corrected chi connectivity index (χ0v) is 13.6. The first-order valence-electron chi connectivity index (χ1n) is 7.84. The number of nitrogens with zero attached hydrogens (tertiary/aromatic N) is 1. The molecule has 0 spiro atoms. The second kappa shape index (κ2) is 8.29. The van der Waals surface area contributed by atoms with Crippen molar-refractivity contribution in [3.05, 3.63) is 53.9 Å². The van der Waals surface area contributed by atoms with Crippen LogP contribution < -0.4 is 15.8 Å². The number of nitrogens with one attached hydrogen (secondary N) is 1. The molecule has 0 bridgehead atoms. The molecule has 5 heteroatoms. The van der Waals surface area contributed by atoms with Gasteiger partial charge >= 0.3 is 0 Å². The van der Waals surface area contributed by atoms with Gasteiger partial charge in [-0.3, -0.25) is 9.78 Å². The summed E-state index contributed by atoms with van der Waals surface area (Å²) in [7, 11) is 0. The second-order valence-corrected chi connectivity index (χ2v) is 5.25.